The van der Waals surface area contributed by atoms with E-state index in [1.807, 2.05) is 0 Å². The van der Waals surface area contributed by atoms with Crippen LogP contribution in [0.25, 0.3) is 0 Å². The van der Waals surface area contributed by atoms with E-state index in [0.29, 0.717) is 0 Å². The van der Waals surface area contributed by atoms with Gasteiger partial charge in [0.1, 0.15) is 6.26 Å². The minimum Gasteiger partial charge on any atom is -0.467 e. The molecular weight excluding hydrogens is 432 g/mol. The molecule has 2 saturated heterocycles. The highest BCUT2D eigenvalue weighted by Gasteiger charge is 2.71. The molecule has 32 heavy (non-hydrogen) atoms. The van der Waals surface area contributed by atoms with E-state index in [2.05, 4.69) is 5.16 Å². The summed E-state index contributed by atoms with van der Waals surface area (Å²) in [4.78, 5) is 61.7. The molecule has 0 aliphatic carbocycles. The Morgan fingerprint density at radius 3 is 2.38 bits per heavy atom. The molecule has 0 bridgehead atoms. The van der Waals surface area contributed by atoms with Gasteiger partial charge in [0.05, 0.1) is 32.8 Å². The molecule has 13 heteroatoms. The molecule has 0 N–H and O–H groups in total. The predicted molar refractivity (Wildman–Crippen MR) is 99.4 cm³/mol. The Hall–Kier alpha value is -3.03. The lowest BCUT2D eigenvalue weighted by molar-refractivity contribution is -0.362. The van der Waals surface area contributed by atoms with Crippen molar-refractivity contribution >= 4 is 23.9 Å². The Kier molecular flexibility index (Phi) is 7.11. The molecule has 176 valence electrons. The molecule has 0 aromatic carbocycles. The van der Waals surface area contributed by atoms with Crippen LogP contribution >= 0.6 is 0 Å². The van der Waals surface area contributed by atoms with Crippen molar-refractivity contribution in [2.45, 2.75) is 50.9 Å². The molecule has 0 spiro atoms. The van der Waals surface area contributed by atoms with Gasteiger partial charge >= 0.3 is 23.9 Å². The van der Waals surface area contributed by atoms with E-state index in [0.717, 1.165) is 18.6 Å². The van der Waals surface area contributed by atoms with Crippen molar-refractivity contribution in [1.82, 2.24) is 10.4 Å². The molecule has 3 rings (SSSR count). The molecule has 0 amide bonds. The SMILES string of the molecule is CCOC(=O)c1nocc1[C@@H]1[C@H](C(=O)OCC)ON2O[C@H](C(=O)OC)C[C@@]12C(=O)OCC. The number of esters is 4. The molecule has 2 aliphatic rings. The summed E-state index contributed by atoms with van der Waals surface area (Å²) in [6.45, 7) is 4.85. The van der Waals surface area contributed by atoms with Gasteiger partial charge in [-0.15, -0.1) is 0 Å². The van der Waals surface area contributed by atoms with Gasteiger partial charge in [0.15, 0.2) is 23.4 Å². The molecule has 0 saturated carbocycles. The summed E-state index contributed by atoms with van der Waals surface area (Å²) in [6, 6.07) is 0. The van der Waals surface area contributed by atoms with Crippen molar-refractivity contribution in [3.8, 4) is 0 Å². The van der Waals surface area contributed by atoms with Crippen molar-refractivity contribution in [1.29, 1.82) is 0 Å². The van der Waals surface area contributed by atoms with E-state index >= 15 is 0 Å². The van der Waals surface area contributed by atoms with Gasteiger partial charge in [-0.1, -0.05) is 5.16 Å². The molecule has 3 heterocycles. The zero-order chi connectivity index (χ0) is 23.5. The molecule has 4 atom stereocenters. The van der Waals surface area contributed by atoms with Crippen LogP contribution in [0.3, 0.4) is 0 Å². The van der Waals surface area contributed by atoms with Crippen molar-refractivity contribution in [3.63, 3.8) is 0 Å². The first-order valence-corrected chi connectivity index (χ1v) is 10.0. The van der Waals surface area contributed by atoms with Gasteiger partial charge in [0.2, 0.25) is 0 Å². The molecular formula is C19H24N2O11. The van der Waals surface area contributed by atoms with Gasteiger partial charge in [0.25, 0.3) is 0 Å². The minimum atomic E-state index is -1.85. The van der Waals surface area contributed by atoms with Gasteiger partial charge in [-0.3, -0.25) is 9.68 Å². The summed E-state index contributed by atoms with van der Waals surface area (Å²) in [5.41, 5.74) is -2.08. The third-order valence-corrected chi connectivity index (χ3v) is 5.08. The Morgan fingerprint density at radius 1 is 1.06 bits per heavy atom. The summed E-state index contributed by atoms with van der Waals surface area (Å²) >= 11 is 0. The first kappa shape index (κ1) is 23.6. The van der Waals surface area contributed by atoms with Gasteiger partial charge in [-0.25, -0.2) is 19.2 Å². The fraction of sp³-hybridized carbons (Fsp3) is 0.632. The highest BCUT2D eigenvalue weighted by atomic mass is 17.0. The van der Waals surface area contributed by atoms with E-state index in [1.165, 1.54) is 0 Å². The van der Waals surface area contributed by atoms with Gasteiger partial charge < -0.3 is 23.5 Å². The molecule has 0 radical (unpaired) electrons. The monoisotopic (exact) mass is 456 g/mol. The predicted octanol–water partition coefficient (Wildman–Crippen LogP) is 0.293. The van der Waals surface area contributed by atoms with Crippen LogP contribution < -0.4 is 0 Å². The number of hydrogen-bond donors (Lipinski definition) is 0. The smallest absolute Gasteiger partial charge is 0.360 e. The summed E-state index contributed by atoms with van der Waals surface area (Å²) < 4.78 is 25.0. The fourth-order valence-electron chi connectivity index (χ4n) is 3.82. The van der Waals surface area contributed by atoms with Crippen molar-refractivity contribution in [2.75, 3.05) is 26.9 Å². The average Bonchev–Trinajstić information content (AvgIpc) is 3.45. The van der Waals surface area contributed by atoms with Crippen LogP contribution in [0, 0.1) is 0 Å². The number of hydrogen-bond acceptors (Lipinski definition) is 13. The van der Waals surface area contributed by atoms with Crippen molar-refractivity contribution in [3.05, 3.63) is 17.5 Å². The van der Waals surface area contributed by atoms with Crippen LogP contribution in [-0.2, 0) is 43.0 Å². The van der Waals surface area contributed by atoms with E-state index < -0.39 is 47.5 Å². The maximum absolute atomic E-state index is 13.2. The zero-order valence-electron chi connectivity index (χ0n) is 18.0. The van der Waals surface area contributed by atoms with Crippen molar-refractivity contribution < 1.29 is 52.3 Å². The topological polar surface area (TPSA) is 153 Å². The fourth-order valence-corrected chi connectivity index (χ4v) is 3.82. The molecule has 1 aromatic rings. The Labute approximate surface area is 182 Å². The number of ether oxygens (including phenoxy) is 4. The van der Waals surface area contributed by atoms with Gasteiger partial charge in [-0.2, -0.15) is 0 Å². The number of carbonyl (C=O) groups excluding carboxylic acids is 4. The maximum atomic E-state index is 13.2. The summed E-state index contributed by atoms with van der Waals surface area (Å²) in [5.74, 6) is -4.53. The Balaban J connectivity index is 2.16. The third kappa shape index (κ3) is 3.82. The molecule has 2 aliphatic heterocycles. The Morgan fingerprint density at radius 2 is 1.75 bits per heavy atom. The number of hydroxylamine groups is 2. The van der Waals surface area contributed by atoms with Crippen LogP contribution in [0.5, 0.6) is 0 Å². The summed E-state index contributed by atoms with van der Waals surface area (Å²) in [5, 5.41) is 4.43. The number of rotatable bonds is 8. The lowest BCUT2D eigenvalue weighted by Gasteiger charge is -2.29. The number of fused-ring (bicyclic) bond motifs is 1. The largest absolute Gasteiger partial charge is 0.467 e. The number of aromatic nitrogens is 1. The second-order valence-corrected chi connectivity index (χ2v) is 6.82. The van der Waals surface area contributed by atoms with Crippen LogP contribution in [0.1, 0.15) is 49.2 Å². The van der Waals surface area contributed by atoms with E-state index in [-0.39, 0.29) is 37.5 Å². The summed E-state index contributed by atoms with van der Waals surface area (Å²) in [7, 11) is 1.16. The van der Waals surface area contributed by atoms with Crippen LogP contribution in [0.2, 0.25) is 0 Å². The maximum Gasteiger partial charge on any atom is 0.360 e. The molecule has 2 fully saturated rings. The van der Waals surface area contributed by atoms with Gasteiger partial charge in [0, 0.05) is 12.0 Å². The minimum absolute atomic E-state index is 0.0114. The second kappa shape index (κ2) is 9.63. The first-order chi connectivity index (χ1) is 15.3. The van der Waals surface area contributed by atoms with E-state index in [1.54, 1.807) is 20.8 Å². The molecule has 13 nitrogen and oxygen atoms in total. The highest BCUT2D eigenvalue weighted by molar-refractivity contribution is 5.92. The normalized spacial score (nSPS) is 26.9. The second-order valence-electron chi connectivity index (χ2n) is 6.82. The van der Waals surface area contributed by atoms with Crippen LogP contribution in [0.4, 0.5) is 0 Å². The highest BCUT2D eigenvalue weighted by Crippen LogP contribution is 2.53. The quantitative estimate of drug-likeness (QED) is 0.389. The lowest BCUT2D eigenvalue weighted by Crippen LogP contribution is -2.51. The number of methoxy groups -OCH3 is 1. The summed E-state index contributed by atoms with van der Waals surface area (Å²) in [6.07, 6.45) is -1.87. The lowest BCUT2D eigenvalue weighted by atomic mass is 9.74. The van der Waals surface area contributed by atoms with Gasteiger partial charge in [-0.05, 0) is 26.0 Å². The van der Waals surface area contributed by atoms with E-state index in [9.17, 15) is 19.2 Å². The standard InChI is InChI=1S/C19H24N2O11/c1-5-27-16(23)13-10(9-30-20-13)12-14(17(24)28-6-2)32-21-19(12,18(25)29-7-3)8-11(31-21)15(22)26-4/h9,11-12,14H,5-8H2,1-4H3/t11-,12+,14+,19-/m0/s1. The number of carbonyl (C=O) groups is 4. The van der Waals surface area contributed by atoms with E-state index in [4.69, 9.17) is 33.1 Å². The number of nitrogens with zero attached hydrogens (tertiary/aromatic N) is 2. The third-order valence-electron chi connectivity index (χ3n) is 5.08. The molecule has 1 aromatic heterocycles. The Bertz CT molecular complexity index is 884. The average molecular weight is 456 g/mol. The first-order valence-electron chi connectivity index (χ1n) is 10.0. The van der Waals surface area contributed by atoms with Crippen molar-refractivity contribution in [2.24, 2.45) is 0 Å². The van der Waals surface area contributed by atoms with Crippen LogP contribution in [0.15, 0.2) is 10.8 Å². The van der Waals surface area contributed by atoms with Crippen LogP contribution in [-0.4, -0.2) is 78.9 Å². The zero-order valence-corrected chi connectivity index (χ0v) is 18.0. The molecule has 0 unspecified atom stereocenters.